The van der Waals surface area contributed by atoms with Crippen molar-refractivity contribution in [2.75, 3.05) is 13.2 Å². The second-order valence-electron chi connectivity index (χ2n) is 2.80. The molecule has 1 unspecified atom stereocenters. The Bertz CT molecular complexity index is 194. The van der Waals surface area contributed by atoms with Crippen LogP contribution in [-0.2, 0) is 4.74 Å². The standard InChI is InChI=1S/C7H9F6O2/c1-4(14)2-15-3-6(10,11)7(12,13)5(8)9/h4-5,14H,1-3H2. The number of hydrogen-bond donors (Lipinski definition) is 1. The van der Waals surface area contributed by atoms with Crippen molar-refractivity contribution in [2.24, 2.45) is 0 Å². The average molecular weight is 239 g/mol. The molecule has 1 N–H and O–H groups in total. The highest BCUT2D eigenvalue weighted by Crippen LogP contribution is 2.39. The van der Waals surface area contributed by atoms with Gasteiger partial charge in [0.15, 0.2) is 0 Å². The van der Waals surface area contributed by atoms with Crippen LogP contribution in [0.1, 0.15) is 0 Å². The molecule has 8 heteroatoms. The van der Waals surface area contributed by atoms with E-state index >= 15 is 0 Å². The molecule has 0 spiro atoms. The summed E-state index contributed by atoms with van der Waals surface area (Å²) in [6.07, 6.45) is -5.87. The van der Waals surface area contributed by atoms with E-state index < -0.39 is 37.6 Å². The molecule has 0 aliphatic carbocycles. The monoisotopic (exact) mass is 239 g/mol. The fourth-order valence-corrected chi connectivity index (χ4v) is 0.579. The van der Waals surface area contributed by atoms with E-state index in [1.807, 2.05) is 0 Å². The molecule has 15 heavy (non-hydrogen) atoms. The van der Waals surface area contributed by atoms with Crippen molar-refractivity contribution in [3.63, 3.8) is 0 Å². The SMILES string of the molecule is [CH2]C(O)COCC(F)(F)C(F)(F)C(F)F. The highest BCUT2D eigenvalue weighted by atomic mass is 19.3. The molecule has 0 saturated heterocycles. The smallest absolute Gasteiger partial charge is 0.371 e. The van der Waals surface area contributed by atoms with Crippen LogP contribution in [0.3, 0.4) is 0 Å². The zero-order valence-corrected chi connectivity index (χ0v) is 7.40. The Balaban J connectivity index is 4.28. The molecule has 0 aliphatic heterocycles. The maximum atomic E-state index is 12.4. The van der Waals surface area contributed by atoms with Crippen LogP contribution in [0.2, 0.25) is 0 Å². The van der Waals surface area contributed by atoms with Crippen LogP contribution < -0.4 is 0 Å². The van der Waals surface area contributed by atoms with Crippen LogP contribution >= 0.6 is 0 Å². The maximum Gasteiger partial charge on any atom is 0.371 e. The second kappa shape index (κ2) is 5.02. The summed E-state index contributed by atoms with van der Waals surface area (Å²) < 4.78 is 76.3. The van der Waals surface area contributed by atoms with Gasteiger partial charge in [-0.3, -0.25) is 0 Å². The number of alkyl halides is 6. The predicted molar refractivity (Wildman–Crippen MR) is 38.1 cm³/mol. The van der Waals surface area contributed by atoms with E-state index in [1.54, 1.807) is 0 Å². The highest BCUT2D eigenvalue weighted by molar-refractivity contribution is 4.86. The molecule has 91 valence electrons. The Hall–Kier alpha value is -0.500. The summed E-state index contributed by atoms with van der Waals surface area (Å²) in [4.78, 5) is 0. The third-order valence-corrected chi connectivity index (χ3v) is 1.36. The van der Waals surface area contributed by atoms with Gasteiger partial charge in [-0.05, 0) is 6.92 Å². The number of aliphatic hydroxyl groups is 1. The predicted octanol–water partition coefficient (Wildman–Crippen LogP) is 1.73. The van der Waals surface area contributed by atoms with Crippen molar-refractivity contribution in [3.05, 3.63) is 6.92 Å². The van der Waals surface area contributed by atoms with Crippen molar-refractivity contribution in [1.82, 2.24) is 0 Å². The molecule has 2 nitrogen and oxygen atoms in total. The maximum absolute atomic E-state index is 12.4. The first-order chi connectivity index (χ1) is 6.61. The number of ether oxygens (including phenoxy) is 1. The minimum absolute atomic E-state index is 0.741. The molecule has 0 aliphatic rings. The van der Waals surface area contributed by atoms with Crippen LogP contribution in [0.4, 0.5) is 26.3 Å². The molecule has 0 saturated carbocycles. The van der Waals surface area contributed by atoms with Gasteiger partial charge in [0.05, 0.1) is 12.7 Å². The van der Waals surface area contributed by atoms with Crippen LogP contribution in [0.5, 0.6) is 0 Å². The second-order valence-corrected chi connectivity index (χ2v) is 2.80. The summed E-state index contributed by atoms with van der Waals surface area (Å²) >= 11 is 0. The van der Waals surface area contributed by atoms with Crippen LogP contribution in [0.15, 0.2) is 0 Å². The van der Waals surface area contributed by atoms with Gasteiger partial charge in [0, 0.05) is 0 Å². The fraction of sp³-hybridized carbons (Fsp3) is 0.857. The van der Waals surface area contributed by atoms with Crippen molar-refractivity contribution in [2.45, 2.75) is 24.4 Å². The third-order valence-electron chi connectivity index (χ3n) is 1.36. The van der Waals surface area contributed by atoms with E-state index in [-0.39, 0.29) is 0 Å². The molecule has 1 radical (unpaired) electrons. The molecule has 0 aromatic rings. The van der Waals surface area contributed by atoms with E-state index in [9.17, 15) is 26.3 Å². The molecule has 0 rings (SSSR count). The van der Waals surface area contributed by atoms with Crippen LogP contribution in [0.25, 0.3) is 0 Å². The molecule has 1 atom stereocenters. The normalized spacial score (nSPS) is 15.8. The number of hydrogen-bond acceptors (Lipinski definition) is 2. The molecular formula is C7H9F6O2. The molecule has 0 fully saturated rings. The summed E-state index contributed by atoms with van der Waals surface area (Å²) in [6.45, 7) is 0.258. The minimum atomic E-state index is -5.46. The van der Waals surface area contributed by atoms with Crippen molar-refractivity contribution >= 4 is 0 Å². The summed E-state index contributed by atoms with van der Waals surface area (Å²) in [5.41, 5.74) is 0. The first-order valence-corrected chi connectivity index (χ1v) is 3.74. The van der Waals surface area contributed by atoms with Crippen molar-refractivity contribution in [1.29, 1.82) is 0 Å². The molecule has 0 heterocycles. The Morgan fingerprint density at radius 2 is 1.67 bits per heavy atom. The van der Waals surface area contributed by atoms with E-state index in [0.717, 1.165) is 0 Å². The van der Waals surface area contributed by atoms with E-state index in [4.69, 9.17) is 5.11 Å². The highest BCUT2D eigenvalue weighted by Gasteiger charge is 2.62. The van der Waals surface area contributed by atoms with Gasteiger partial charge in [-0.15, -0.1) is 0 Å². The van der Waals surface area contributed by atoms with Crippen LogP contribution in [-0.4, -0.2) is 42.7 Å². The first kappa shape index (κ1) is 14.5. The lowest BCUT2D eigenvalue weighted by molar-refractivity contribution is -0.279. The zero-order chi connectivity index (χ0) is 12.3. The van der Waals surface area contributed by atoms with Gasteiger partial charge in [-0.2, -0.15) is 17.6 Å². The van der Waals surface area contributed by atoms with Gasteiger partial charge in [0.25, 0.3) is 0 Å². The number of halogens is 6. The van der Waals surface area contributed by atoms with Crippen molar-refractivity contribution < 1.29 is 36.2 Å². The molecule has 0 aromatic heterocycles. The third kappa shape index (κ3) is 3.86. The van der Waals surface area contributed by atoms with E-state index in [1.165, 1.54) is 0 Å². The van der Waals surface area contributed by atoms with Gasteiger partial charge in [-0.1, -0.05) is 0 Å². The lowest BCUT2D eigenvalue weighted by Gasteiger charge is -2.25. The van der Waals surface area contributed by atoms with Gasteiger partial charge >= 0.3 is 18.3 Å². The Morgan fingerprint density at radius 3 is 2.00 bits per heavy atom. The van der Waals surface area contributed by atoms with Gasteiger partial charge in [0.1, 0.15) is 6.61 Å². The zero-order valence-electron chi connectivity index (χ0n) is 7.40. The lowest BCUT2D eigenvalue weighted by atomic mass is 10.2. The topological polar surface area (TPSA) is 29.5 Å². The molecule has 0 bridgehead atoms. The summed E-state index contributed by atoms with van der Waals surface area (Å²) in [5.74, 6) is -10.4. The Kier molecular flexibility index (Phi) is 4.85. The number of aliphatic hydroxyl groups excluding tert-OH is 1. The summed E-state index contributed by atoms with van der Waals surface area (Å²) in [6, 6.07) is 0. The Morgan fingerprint density at radius 1 is 1.20 bits per heavy atom. The summed E-state index contributed by atoms with van der Waals surface area (Å²) in [7, 11) is 0. The van der Waals surface area contributed by atoms with Gasteiger partial charge < -0.3 is 9.84 Å². The van der Waals surface area contributed by atoms with E-state index in [2.05, 4.69) is 11.7 Å². The largest absolute Gasteiger partial charge is 0.391 e. The molecule has 0 amide bonds. The Labute approximate surface area is 81.8 Å². The fourth-order valence-electron chi connectivity index (χ4n) is 0.579. The van der Waals surface area contributed by atoms with Crippen LogP contribution in [0, 0.1) is 6.92 Å². The first-order valence-electron chi connectivity index (χ1n) is 3.74. The van der Waals surface area contributed by atoms with Gasteiger partial charge in [-0.25, -0.2) is 8.78 Å². The molecular weight excluding hydrogens is 230 g/mol. The minimum Gasteiger partial charge on any atom is -0.391 e. The average Bonchev–Trinajstić information content (AvgIpc) is 2.02. The van der Waals surface area contributed by atoms with E-state index in [0.29, 0.717) is 0 Å². The number of rotatable bonds is 6. The lowest BCUT2D eigenvalue weighted by Crippen LogP contribution is -2.49. The quantitative estimate of drug-likeness (QED) is 0.715. The molecule has 0 aromatic carbocycles. The van der Waals surface area contributed by atoms with Gasteiger partial charge in [0.2, 0.25) is 0 Å². The summed E-state index contributed by atoms with van der Waals surface area (Å²) in [5, 5.41) is 8.44. The van der Waals surface area contributed by atoms with Crippen molar-refractivity contribution in [3.8, 4) is 0 Å².